The summed E-state index contributed by atoms with van der Waals surface area (Å²) in [6, 6.07) is 15.2. The molecule has 0 N–H and O–H groups in total. The van der Waals surface area contributed by atoms with Crippen LogP contribution in [0.4, 0.5) is 0 Å². The van der Waals surface area contributed by atoms with Crippen LogP contribution in [0.3, 0.4) is 0 Å². The van der Waals surface area contributed by atoms with E-state index in [-0.39, 0.29) is 20.9 Å². The normalized spacial score (nSPS) is 10.1. The Morgan fingerprint density at radius 2 is 1.91 bits per heavy atom. The number of aldehydes is 1. The van der Waals surface area contributed by atoms with Crippen LogP contribution < -0.4 is 9.20 Å². The van der Waals surface area contributed by atoms with E-state index in [2.05, 4.69) is 0 Å². The zero-order valence-electron chi connectivity index (χ0n) is 12.9. The molecule has 0 aromatic heterocycles. The number of ether oxygens (including phenoxy) is 2. The molecule has 0 atom stereocenters. The Morgan fingerprint density at radius 3 is 2.61 bits per heavy atom. The zero-order valence-corrected chi connectivity index (χ0v) is 14.6. The van der Waals surface area contributed by atoms with Crippen molar-refractivity contribution in [2.45, 2.75) is 18.8 Å². The van der Waals surface area contributed by atoms with Crippen molar-refractivity contribution in [2.75, 3.05) is 6.61 Å². The SMILES string of the molecule is CCOC(=O)C[Se]c1cccc(OCc2ccccc2)c1C=O. The fourth-order valence-electron chi connectivity index (χ4n) is 1.97. The molecule has 4 nitrogen and oxygen atoms in total. The van der Waals surface area contributed by atoms with Crippen molar-refractivity contribution in [3.05, 3.63) is 59.7 Å². The second kappa shape index (κ2) is 9.13. The molecule has 2 aromatic carbocycles. The van der Waals surface area contributed by atoms with Crippen molar-refractivity contribution < 1.29 is 19.1 Å². The zero-order chi connectivity index (χ0) is 16.5. The van der Waals surface area contributed by atoms with Crippen LogP contribution in [0, 0.1) is 0 Å². The molecule has 23 heavy (non-hydrogen) atoms. The van der Waals surface area contributed by atoms with Gasteiger partial charge in [-0.15, -0.1) is 0 Å². The summed E-state index contributed by atoms with van der Waals surface area (Å²) in [5.41, 5.74) is 1.56. The molecule has 0 heterocycles. The van der Waals surface area contributed by atoms with Gasteiger partial charge in [-0.05, 0) is 0 Å². The first-order chi connectivity index (χ1) is 11.2. The molecule has 0 fully saturated rings. The summed E-state index contributed by atoms with van der Waals surface area (Å²) in [4.78, 5) is 22.9. The van der Waals surface area contributed by atoms with Crippen molar-refractivity contribution >= 4 is 31.7 Å². The third-order valence-corrected chi connectivity index (χ3v) is 5.23. The molecule has 0 aliphatic heterocycles. The first kappa shape index (κ1) is 17.3. The van der Waals surface area contributed by atoms with Gasteiger partial charge in [0.15, 0.2) is 0 Å². The topological polar surface area (TPSA) is 52.6 Å². The van der Waals surface area contributed by atoms with Crippen LogP contribution in [-0.4, -0.2) is 33.8 Å². The average molecular weight is 377 g/mol. The van der Waals surface area contributed by atoms with Crippen molar-refractivity contribution in [1.82, 2.24) is 0 Å². The Balaban J connectivity index is 2.06. The van der Waals surface area contributed by atoms with Crippen molar-refractivity contribution in [3.63, 3.8) is 0 Å². The standard InChI is InChI=1S/C18H18O4Se/c1-2-21-18(20)13-23-17-10-6-9-16(15(17)11-19)22-12-14-7-4-3-5-8-14/h3-11H,2,12-13H2,1H3. The second-order valence-electron chi connectivity index (χ2n) is 4.65. The Labute approximate surface area is 142 Å². The Kier molecular flexibility index (Phi) is 6.85. The summed E-state index contributed by atoms with van der Waals surface area (Å²) < 4.78 is 11.6. The fraction of sp³-hybridized carbons (Fsp3) is 0.222. The van der Waals surface area contributed by atoms with E-state index in [1.165, 1.54) is 0 Å². The molecule has 0 radical (unpaired) electrons. The van der Waals surface area contributed by atoms with Gasteiger partial charge in [-0.2, -0.15) is 0 Å². The first-order valence-electron chi connectivity index (χ1n) is 7.28. The van der Waals surface area contributed by atoms with Crippen LogP contribution in [0.5, 0.6) is 5.75 Å². The summed E-state index contributed by atoms with van der Waals surface area (Å²) in [6.07, 6.45) is 0.794. The van der Waals surface area contributed by atoms with E-state index in [9.17, 15) is 9.59 Å². The fourth-order valence-corrected chi connectivity index (χ4v) is 3.72. The van der Waals surface area contributed by atoms with Crippen molar-refractivity contribution in [3.8, 4) is 5.75 Å². The van der Waals surface area contributed by atoms with Crippen LogP contribution in [0.1, 0.15) is 22.8 Å². The minimum atomic E-state index is -0.236. The molecule has 2 aromatic rings. The number of hydrogen-bond acceptors (Lipinski definition) is 4. The summed E-state index contributed by atoms with van der Waals surface area (Å²) >= 11 is -0.158. The first-order valence-corrected chi connectivity index (χ1v) is 9.34. The van der Waals surface area contributed by atoms with Crippen LogP contribution in [-0.2, 0) is 16.1 Å². The molecular weight excluding hydrogens is 359 g/mol. The third-order valence-electron chi connectivity index (χ3n) is 3.03. The Bertz CT molecular complexity index is 655. The second-order valence-corrected chi connectivity index (χ2v) is 6.79. The van der Waals surface area contributed by atoms with E-state index in [0.29, 0.717) is 29.8 Å². The van der Waals surface area contributed by atoms with Gasteiger partial charge in [-0.25, -0.2) is 0 Å². The number of benzene rings is 2. The third kappa shape index (κ3) is 5.23. The number of esters is 1. The molecule has 0 amide bonds. The predicted octanol–water partition coefficient (Wildman–Crippen LogP) is 2.39. The summed E-state index contributed by atoms with van der Waals surface area (Å²) in [5, 5.41) is 0.309. The molecule has 5 heteroatoms. The number of carbonyl (C=O) groups is 2. The maximum atomic E-state index is 11.5. The van der Waals surface area contributed by atoms with Crippen molar-refractivity contribution in [1.29, 1.82) is 0 Å². The molecule has 2 rings (SSSR count). The van der Waals surface area contributed by atoms with Gasteiger partial charge in [-0.1, -0.05) is 0 Å². The van der Waals surface area contributed by atoms with Crippen LogP contribution in [0.15, 0.2) is 48.5 Å². The minimum absolute atomic E-state index is 0.158. The van der Waals surface area contributed by atoms with Gasteiger partial charge in [-0.3, -0.25) is 0 Å². The van der Waals surface area contributed by atoms with E-state index in [1.807, 2.05) is 42.5 Å². The molecule has 0 unspecified atom stereocenters. The maximum absolute atomic E-state index is 11.5. The van der Waals surface area contributed by atoms with Crippen LogP contribution >= 0.6 is 0 Å². The van der Waals surface area contributed by atoms with Crippen LogP contribution in [0.25, 0.3) is 0 Å². The molecule has 0 spiro atoms. The Hall–Kier alpha value is -2.10. The van der Waals surface area contributed by atoms with Gasteiger partial charge in [0.25, 0.3) is 0 Å². The quantitative estimate of drug-likeness (QED) is 0.403. The van der Waals surface area contributed by atoms with Gasteiger partial charge in [0, 0.05) is 0 Å². The van der Waals surface area contributed by atoms with Gasteiger partial charge in [0.05, 0.1) is 0 Å². The summed E-state index contributed by atoms with van der Waals surface area (Å²) in [6.45, 7) is 2.55. The Morgan fingerprint density at radius 1 is 1.13 bits per heavy atom. The van der Waals surface area contributed by atoms with E-state index in [4.69, 9.17) is 9.47 Å². The predicted molar refractivity (Wildman–Crippen MR) is 89.4 cm³/mol. The van der Waals surface area contributed by atoms with E-state index in [1.54, 1.807) is 13.0 Å². The molecule has 0 bridgehead atoms. The number of rotatable bonds is 8. The van der Waals surface area contributed by atoms with Gasteiger partial charge < -0.3 is 0 Å². The summed E-state index contributed by atoms with van der Waals surface area (Å²) in [5.74, 6) is 0.312. The average Bonchev–Trinajstić information content (AvgIpc) is 2.59. The molecule has 0 aliphatic carbocycles. The molecule has 0 saturated carbocycles. The van der Waals surface area contributed by atoms with Gasteiger partial charge in [0.1, 0.15) is 0 Å². The van der Waals surface area contributed by atoms with E-state index in [0.717, 1.165) is 16.3 Å². The van der Waals surface area contributed by atoms with Gasteiger partial charge >= 0.3 is 142 Å². The van der Waals surface area contributed by atoms with E-state index >= 15 is 0 Å². The monoisotopic (exact) mass is 378 g/mol. The van der Waals surface area contributed by atoms with Gasteiger partial charge in [0.2, 0.25) is 0 Å². The molecular formula is C18H18O4Se. The van der Waals surface area contributed by atoms with E-state index < -0.39 is 0 Å². The van der Waals surface area contributed by atoms with Crippen molar-refractivity contribution in [2.24, 2.45) is 0 Å². The summed E-state index contributed by atoms with van der Waals surface area (Å²) in [7, 11) is 0. The number of hydrogen-bond donors (Lipinski definition) is 0. The number of carbonyl (C=O) groups excluding carboxylic acids is 2. The van der Waals surface area contributed by atoms with Crippen LogP contribution in [0.2, 0.25) is 5.32 Å². The molecule has 0 saturated heterocycles. The molecule has 0 aliphatic rings. The molecule has 120 valence electrons.